The molecule has 2 aromatic rings. The maximum absolute atomic E-state index is 14.2. The Kier molecular flexibility index (Phi) is 10.7. The molecule has 0 aliphatic heterocycles. The Balaban J connectivity index is 1.01. The smallest absolute Gasteiger partial charge is 0.316 e. The molecule has 0 saturated heterocycles. The molecule has 5 saturated carbocycles. The molecule has 0 spiro atoms. The Hall–Kier alpha value is -3.12. The average molecular weight is 838 g/mol. The Morgan fingerprint density at radius 1 is 0.817 bits per heavy atom. The molecule has 10 atom stereocenters. The van der Waals surface area contributed by atoms with Crippen molar-refractivity contribution >= 4 is 29.4 Å². The zero-order valence-corrected chi connectivity index (χ0v) is 39.3. The Bertz CT molecular complexity index is 2050. The first kappa shape index (κ1) is 43.5. The highest BCUT2D eigenvalue weighted by molar-refractivity contribution is 6.30. The van der Waals surface area contributed by atoms with Crippen LogP contribution in [0.1, 0.15) is 151 Å². The Morgan fingerprint density at radius 3 is 2.15 bits per heavy atom. The van der Waals surface area contributed by atoms with Gasteiger partial charge in [-0.2, -0.15) is 0 Å². The van der Waals surface area contributed by atoms with Crippen LogP contribution >= 0.6 is 11.6 Å². The fourth-order valence-corrected chi connectivity index (χ4v) is 15.4. The highest BCUT2D eigenvalue weighted by Crippen LogP contribution is 2.76. The van der Waals surface area contributed by atoms with Crippen molar-refractivity contribution < 1.29 is 19.1 Å². The third kappa shape index (κ3) is 6.64. The van der Waals surface area contributed by atoms with Gasteiger partial charge in [-0.05, 0) is 164 Å². The van der Waals surface area contributed by atoms with Gasteiger partial charge < -0.3 is 15.4 Å². The molecular weight excluding hydrogens is 764 g/mol. The lowest BCUT2D eigenvalue weighted by Gasteiger charge is -2.72. The molecule has 60 heavy (non-hydrogen) atoms. The van der Waals surface area contributed by atoms with Crippen molar-refractivity contribution in [2.45, 2.75) is 164 Å². The van der Waals surface area contributed by atoms with Gasteiger partial charge >= 0.3 is 12.0 Å². The molecule has 2 N–H and O–H groups in total. The normalized spacial score (nSPS) is 37.9. The second kappa shape index (κ2) is 14.7. The number of urea groups is 1. The standard InChI is InChI=1S/C53H73ClN2O4/c1-32(2)43-39(57)31-53(56-46(59)55-49(7,8)34-17-19-36(54)20-18-34)28-27-51(10)37(44(43)53)21-22-41-50(9)25-24-42(48(5,6)40(50)23-26-52(41,51)11)60-45(58)38-30-35(47(38,3)4)29-33-15-13-12-14-16-33/h12-20,32,35,37-38,40-42H,21-31H2,1-11H3,(H2,55,56,59)/t35-,37-,38-,40+,41-,42+,50+,51-,52-,53-/m1/s1. The lowest BCUT2D eigenvalue weighted by Crippen LogP contribution is -2.68. The number of hydrogen-bond donors (Lipinski definition) is 2. The molecule has 6 aliphatic carbocycles. The number of ether oxygens (including phenoxy) is 1. The number of carbonyl (C=O) groups excluding carboxylic acids is 3. The molecule has 2 amide bonds. The number of ketones is 1. The number of halogens is 1. The number of hydrogen-bond acceptors (Lipinski definition) is 4. The number of nitrogens with one attached hydrogen (secondary N) is 2. The van der Waals surface area contributed by atoms with Crippen LogP contribution in [0.15, 0.2) is 65.7 Å². The summed E-state index contributed by atoms with van der Waals surface area (Å²) in [5.41, 5.74) is 3.16. The van der Waals surface area contributed by atoms with E-state index in [2.05, 4.69) is 103 Å². The third-order valence-electron chi connectivity index (χ3n) is 19.1. The van der Waals surface area contributed by atoms with E-state index in [1.54, 1.807) is 0 Å². The monoisotopic (exact) mass is 837 g/mol. The van der Waals surface area contributed by atoms with Gasteiger partial charge in [0.15, 0.2) is 5.78 Å². The molecule has 6 aliphatic rings. The first-order valence-corrected chi connectivity index (χ1v) is 23.8. The molecule has 0 heterocycles. The van der Waals surface area contributed by atoms with Crippen molar-refractivity contribution in [1.82, 2.24) is 10.6 Å². The zero-order valence-electron chi connectivity index (χ0n) is 38.5. The minimum Gasteiger partial charge on any atom is -0.462 e. The lowest BCUT2D eigenvalue weighted by molar-refractivity contribution is -0.235. The van der Waals surface area contributed by atoms with Crippen molar-refractivity contribution in [3.05, 3.63) is 81.9 Å². The van der Waals surface area contributed by atoms with Crippen molar-refractivity contribution in [3.8, 4) is 0 Å². The number of Topliss-reactive ketones (excluding diaryl/α,β-unsaturated/α-hetero) is 1. The second-order valence-electron chi connectivity index (χ2n) is 23.3. The zero-order chi connectivity index (χ0) is 43.4. The maximum atomic E-state index is 14.2. The summed E-state index contributed by atoms with van der Waals surface area (Å²) in [6.07, 6.45) is 10.3. The number of allylic oxidation sites excluding steroid dienone is 1. The summed E-state index contributed by atoms with van der Waals surface area (Å²) in [6.45, 7) is 25.4. The second-order valence-corrected chi connectivity index (χ2v) is 23.7. The molecule has 0 bridgehead atoms. The predicted octanol–water partition coefficient (Wildman–Crippen LogP) is 12.4. The van der Waals surface area contributed by atoms with Crippen LogP contribution in [0.3, 0.4) is 0 Å². The summed E-state index contributed by atoms with van der Waals surface area (Å²) < 4.78 is 6.68. The van der Waals surface area contributed by atoms with E-state index in [9.17, 15) is 14.4 Å². The number of carbonyl (C=O) groups is 3. The summed E-state index contributed by atoms with van der Waals surface area (Å²) in [7, 11) is 0. The predicted molar refractivity (Wildman–Crippen MR) is 241 cm³/mol. The van der Waals surface area contributed by atoms with Crippen LogP contribution in [0.2, 0.25) is 5.02 Å². The van der Waals surface area contributed by atoms with E-state index in [-0.39, 0.29) is 68.7 Å². The minimum absolute atomic E-state index is 0.0153. The van der Waals surface area contributed by atoms with Gasteiger partial charge in [-0.1, -0.05) is 116 Å². The molecule has 0 unspecified atom stereocenters. The molecular formula is C53H73ClN2O4. The topological polar surface area (TPSA) is 84.5 Å². The highest BCUT2D eigenvalue weighted by Gasteiger charge is 2.70. The summed E-state index contributed by atoms with van der Waals surface area (Å²) in [5.74, 6) is 1.93. The summed E-state index contributed by atoms with van der Waals surface area (Å²) >= 11 is 6.20. The van der Waals surface area contributed by atoms with Crippen LogP contribution < -0.4 is 10.6 Å². The van der Waals surface area contributed by atoms with Gasteiger partial charge in [0.25, 0.3) is 0 Å². The van der Waals surface area contributed by atoms with Gasteiger partial charge in [0.1, 0.15) is 6.10 Å². The molecule has 5 fully saturated rings. The fraction of sp³-hybridized carbons (Fsp3) is 0.679. The molecule has 2 aromatic carbocycles. The number of fused-ring (bicyclic) bond motifs is 7. The molecule has 8 rings (SSSR count). The van der Waals surface area contributed by atoms with E-state index in [1.807, 2.05) is 38.1 Å². The number of amides is 2. The van der Waals surface area contributed by atoms with Crippen molar-refractivity contribution in [2.75, 3.05) is 0 Å². The van der Waals surface area contributed by atoms with E-state index in [1.165, 1.54) is 11.1 Å². The van der Waals surface area contributed by atoms with E-state index in [0.717, 1.165) is 75.3 Å². The van der Waals surface area contributed by atoms with Gasteiger partial charge in [0, 0.05) is 16.9 Å². The van der Waals surface area contributed by atoms with E-state index in [0.29, 0.717) is 29.2 Å². The minimum atomic E-state index is -0.675. The van der Waals surface area contributed by atoms with Crippen molar-refractivity contribution in [1.29, 1.82) is 0 Å². The molecule has 7 heteroatoms. The first-order valence-electron chi connectivity index (χ1n) is 23.4. The van der Waals surface area contributed by atoms with Gasteiger partial charge in [-0.3, -0.25) is 9.59 Å². The SMILES string of the molecule is CC(C)C1=C2[C@H]3CC[C@@H]4[C@@]5(C)CC[C@H](OC(=O)[C@H]6C[C@@H](Cc7ccccc7)C6(C)C)C(C)(C)[C@@H]5CC[C@@]4(C)[C@]3(C)CC[C@@]2(NC(=O)NC(C)(C)c2ccc(Cl)cc2)CC1=O. The van der Waals surface area contributed by atoms with E-state index < -0.39 is 11.1 Å². The summed E-state index contributed by atoms with van der Waals surface area (Å²) in [5, 5.41) is 7.43. The third-order valence-corrected chi connectivity index (χ3v) is 19.3. The number of rotatable bonds is 8. The molecule has 0 radical (unpaired) electrons. The number of esters is 1. The highest BCUT2D eigenvalue weighted by atomic mass is 35.5. The number of benzene rings is 2. The molecule has 0 aromatic heterocycles. The quantitative estimate of drug-likeness (QED) is 0.259. The average Bonchev–Trinajstić information content (AvgIpc) is 3.46. The first-order chi connectivity index (χ1) is 28.0. The largest absolute Gasteiger partial charge is 0.462 e. The molecule has 326 valence electrons. The van der Waals surface area contributed by atoms with Crippen LogP contribution in [0, 0.1) is 62.6 Å². The van der Waals surface area contributed by atoms with Crippen LogP contribution in [0.25, 0.3) is 0 Å². The van der Waals surface area contributed by atoms with Crippen molar-refractivity contribution in [3.63, 3.8) is 0 Å². The van der Waals surface area contributed by atoms with Gasteiger partial charge in [0.2, 0.25) is 0 Å². The van der Waals surface area contributed by atoms with Crippen LogP contribution in [-0.2, 0) is 26.3 Å². The maximum Gasteiger partial charge on any atom is 0.316 e. The molecule has 6 nitrogen and oxygen atoms in total. The fourth-order valence-electron chi connectivity index (χ4n) is 15.3. The summed E-state index contributed by atoms with van der Waals surface area (Å²) in [4.78, 5) is 42.4. The lowest BCUT2D eigenvalue weighted by atomic mass is 9.33. The van der Waals surface area contributed by atoms with Crippen LogP contribution in [0.4, 0.5) is 4.79 Å². The van der Waals surface area contributed by atoms with E-state index >= 15 is 0 Å². The van der Waals surface area contributed by atoms with E-state index in [4.69, 9.17) is 16.3 Å². The summed E-state index contributed by atoms with van der Waals surface area (Å²) in [6, 6.07) is 18.1. The van der Waals surface area contributed by atoms with Gasteiger partial charge in [0.05, 0.1) is 17.0 Å². The Labute approximate surface area is 366 Å². The van der Waals surface area contributed by atoms with Gasteiger partial charge in [-0.15, -0.1) is 0 Å². The van der Waals surface area contributed by atoms with Crippen LogP contribution in [-0.4, -0.2) is 29.4 Å². The van der Waals surface area contributed by atoms with Crippen molar-refractivity contribution in [2.24, 2.45) is 62.6 Å². The Morgan fingerprint density at radius 2 is 1.50 bits per heavy atom. The van der Waals surface area contributed by atoms with Gasteiger partial charge in [-0.25, -0.2) is 4.79 Å². The van der Waals surface area contributed by atoms with Crippen LogP contribution in [0.5, 0.6) is 0 Å².